The maximum absolute atomic E-state index is 12.7. The van der Waals surface area contributed by atoms with Crippen molar-refractivity contribution in [3.63, 3.8) is 0 Å². The molecule has 174 valence electrons. The molecule has 13 heteroatoms. The standard InChI is InChI=1S/C19H19ClF3N3O5S/c1-12-9-14(5-6-16(12)20)31-11-18(28)26-25-17(27)7-8-24-32(29,30)15-4-2-3-13(10-15)19(21,22)23/h2-6,9-10,24H,7-8,11H2,1H3,(H,25,27)(H,26,28). The highest BCUT2D eigenvalue weighted by Gasteiger charge is 2.31. The second-order valence-electron chi connectivity index (χ2n) is 6.47. The van der Waals surface area contributed by atoms with Gasteiger partial charge in [0.25, 0.3) is 5.91 Å². The molecule has 0 saturated carbocycles. The molecule has 0 radical (unpaired) electrons. The van der Waals surface area contributed by atoms with E-state index in [4.69, 9.17) is 16.3 Å². The van der Waals surface area contributed by atoms with E-state index in [1.165, 1.54) is 0 Å². The lowest BCUT2D eigenvalue weighted by molar-refractivity contribution is -0.137. The summed E-state index contributed by atoms with van der Waals surface area (Å²) in [5.41, 5.74) is 3.80. The molecular formula is C19H19ClF3N3O5S. The van der Waals surface area contributed by atoms with Gasteiger partial charge >= 0.3 is 6.18 Å². The molecule has 2 aromatic rings. The summed E-state index contributed by atoms with van der Waals surface area (Å²) >= 11 is 5.89. The first-order valence-corrected chi connectivity index (χ1v) is 10.9. The number of aryl methyl sites for hydroxylation is 1. The molecule has 0 aromatic heterocycles. The first-order chi connectivity index (χ1) is 14.9. The molecule has 0 aliphatic carbocycles. The Morgan fingerprint density at radius 1 is 1.06 bits per heavy atom. The van der Waals surface area contributed by atoms with E-state index in [9.17, 15) is 31.2 Å². The minimum atomic E-state index is -4.69. The van der Waals surface area contributed by atoms with Crippen molar-refractivity contribution in [2.45, 2.75) is 24.4 Å². The number of halogens is 4. The highest BCUT2D eigenvalue weighted by Crippen LogP contribution is 2.30. The van der Waals surface area contributed by atoms with Crippen LogP contribution in [0.5, 0.6) is 5.75 Å². The maximum atomic E-state index is 12.7. The lowest BCUT2D eigenvalue weighted by Crippen LogP contribution is -2.44. The molecule has 8 nitrogen and oxygen atoms in total. The van der Waals surface area contributed by atoms with E-state index < -0.39 is 51.6 Å². The van der Waals surface area contributed by atoms with Crippen LogP contribution >= 0.6 is 11.6 Å². The van der Waals surface area contributed by atoms with Gasteiger partial charge in [-0.1, -0.05) is 17.7 Å². The number of alkyl halides is 3. The number of ether oxygens (including phenoxy) is 1. The molecule has 0 heterocycles. The van der Waals surface area contributed by atoms with Crippen LogP contribution in [0.4, 0.5) is 13.2 Å². The smallest absolute Gasteiger partial charge is 0.416 e. The zero-order valence-corrected chi connectivity index (χ0v) is 18.2. The molecule has 2 rings (SSSR count). The Labute approximate surface area is 187 Å². The average Bonchev–Trinajstić information content (AvgIpc) is 2.72. The van der Waals surface area contributed by atoms with Gasteiger partial charge in [-0.3, -0.25) is 20.4 Å². The number of rotatable bonds is 8. The second kappa shape index (κ2) is 10.7. The van der Waals surface area contributed by atoms with Crippen LogP contribution in [-0.4, -0.2) is 33.4 Å². The predicted molar refractivity (Wildman–Crippen MR) is 109 cm³/mol. The van der Waals surface area contributed by atoms with Crippen molar-refractivity contribution in [1.29, 1.82) is 0 Å². The van der Waals surface area contributed by atoms with Crippen molar-refractivity contribution in [3.8, 4) is 5.75 Å². The van der Waals surface area contributed by atoms with Crippen LogP contribution in [0.25, 0.3) is 0 Å². The Morgan fingerprint density at radius 2 is 1.75 bits per heavy atom. The van der Waals surface area contributed by atoms with Gasteiger partial charge in [-0.2, -0.15) is 13.2 Å². The first kappa shape index (κ1) is 25.4. The number of benzene rings is 2. The van der Waals surface area contributed by atoms with E-state index in [1.807, 2.05) is 4.72 Å². The van der Waals surface area contributed by atoms with E-state index in [2.05, 4.69) is 10.9 Å². The molecule has 0 bridgehead atoms. The molecule has 3 N–H and O–H groups in total. The van der Waals surface area contributed by atoms with Crippen molar-refractivity contribution < 1.29 is 35.9 Å². The normalized spacial score (nSPS) is 11.7. The Bertz CT molecular complexity index is 1090. The van der Waals surface area contributed by atoms with Crippen molar-refractivity contribution in [2.75, 3.05) is 13.2 Å². The maximum Gasteiger partial charge on any atom is 0.416 e. The van der Waals surface area contributed by atoms with Gasteiger partial charge in [0.2, 0.25) is 15.9 Å². The summed E-state index contributed by atoms with van der Waals surface area (Å²) in [4.78, 5) is 22.9. The van der Waals surface area contributed by atoms with Gasteiger partial charge in [0.05, 0.1) is 10.5 Å². The van der Waals surface area contributed by atoms with Gasteiger partial charge in [-0.05, 0) is 48.9 Å². The molecule has 0 unspecified atom stereocenters. The Balaban J connectivity index is 1.75. The third-order valence-corrected chi connectivity index (χ3v) is 5.84. The molecule has 2 aromatic carbocycles. The van der Waals surface area contributed by atoms with Gasteiger partial charge in [0.1, 0.15) is 5.75 Å². The summed E-state index contributed by atoms with van der Waals surface area (Å²) in [6, 6.07) is 8.00. The van der Waals surface area contributed by atoms with Crippen LogP contribution in [0, 0.1) is 6.92 Å². The van der Waals surface area contributed by atoms with E-state index in [0.29, 0.717) is 16.8 Å². The molecule has 32 heavy (non-hydrogen) atoms. The SMILES string of the molecule is Cc1cc(OCC(=O)NNC(=O)CCNS(=O)(=O)c2cccc(C(F)(F)F)c2)ccc1Cl. The molecule has 0 spiro atoms. The van der Waals surface area contributed by atoms with Crippen LogP contribution in [0.15, 0.2) is 47.4 Å². The average molecular weight is 494 g/mol. The van der Waals surface area contributed by atoms with Crippen LogP contribution < -0.4 is 20.3 Å². The number of carbonyl (C=O) groups is 2. The first-order valence-electron chi connectivity index (χ1n) is 9.02. The topological polar surface area (TPSA) is 114 Å². The Kier molecular flexibility index (Phi) is 8.47. The molecule has 0 aliphatic heterocycles. The number of sulfonamides is 1. The molecule has 0 atom stereocenters. The number of hydrazine groups is 1. The van der Waals surface area contributed by atoms with Gasteiger partial charge < -0.3 is 4.74 Å². The summed E-state index contributed by atoms with van der Waals surface area (Å²) in [6.45, 7) is 0.959. The van der Waals surface area contributed by atoms with Crippen LogP contribution in [-0.2, 0) is 25.8 Å². The molecular weight excluding hydrogens is 475 g/mol. The summed E-state index contributed by atoms with van der Waals surface area (Å²) in [5, 5.41) is 0.540. The molecule has 0 saturated heterocycles. The van der Waals surface area contributed by atoms with E-state index in [0.717, 1.165) is 23.8 Å². The monoisotopic (exact) mass is 493 g/mol. The van der Waals surface area contributed by atoms with Crippen molar-refractivity contribution in [3.05, 3.63) is 58.6 Å². The fourth-order valence-electron chi connectivity index (χ4n) is 2.32. The summed E-state index contributed by atoms with van der Waals surface area (Å²) in [7, 11) is -4.26. The molecule has 2 amide bonds. The zero-order chi connectivity index (χ0) is 23.9. The van der Waals surface area contributed by atoms with Crippen molar-refractivity contribution in [2.24, 2.45) is 0 Å². The Hall–Kier alpha value is -2.83. The summed E-state index contributed by atoms with van der Waals surface area (Å²) in [5.74, 6) is -1.000. The van der Waals surface area contributed by atoms with Crippen LogP contribution in [0.2, 0.25) is 5.02 Å². The Morgan fingerprint density at radius 3 is 2.41 bits per heavy atom. The van der Waals surface area contributed by atoms with Gasteiger partial charge in [0.15, 0.2) is 6.61 Å². The highest BCUT2D eigenvalue weighted by molar-refractivity contribution is 7.89. The number of carbonyl (C=O) groups excluding carboxylic acids is 2. The lowest BCUT2D eigenvalue weighted by atomic mass is 10.2. The van der Waals surface area contributed by atoms with Gasteiger partial charge in [0, 0.05) is 18.0 Å². The zero-order valence-electron chi connectivity index (χ0n) is 16.6. The summed E-state index contributed by atoms with van der Waals surface area (Å²) in [6.07, 6.45) is -5.07. The van der Waals surface area contributed by atoms with Crippen molar-refractivity contribution in [1.82, 2.24) is 15.6 Å². The van der Waals surface area contributed by atoms with E-state index in [1.54, 1.807) is 25.1 Å². The van der Waals surface area contributed by atoms with E-state index >= 15 is 0 Å². The summed E-state index contributed by atoms with van der Waals surface area (Å²) < 4.78 is 69.7. The minimum Gasteiger partial charge on any atom is -0.484 e. The minimum absolute atomic E-state index is 0.379. The number of hydrogen-bond acceptors (Lipinski definition) is 5. The number of amides is 2. The number of nitrogens with one attached hydrogen (secondary N) is 3. The number of hydrogen-bond donors (Lipinski definition) is 3. The van der Waals surface area contributed by atoms with Gasteiger partial charge in [-0.15, -0.1) is 0 Å². The quantitative estimate of drug-likeness (QED) is 0.489. The van der Waals surface area contributed by atoms with E-state index in [-0.39, 0.29) is 6.42 Å². The van der Waals surface area contributed by atoms with Crippen molar-refractivity contribution >= 4 is 33.4 Å². The molecule has 0 fully saturated rings. The molecule has 0 aliphatic rings. The van der Waals surface area contributed by atoms with Gasteiger partial charge in [-0.25, -0.2) is 13.1 Å². The fraction of sp³-hybridized carbons (Fsp3) is 0.263. The predicted octanol–water partition coefficient (Wildman–Crippen LogP) is 2.56. The van der Waals surface area contributed by atoms with Crippen LogP contribution in [0.1, 0.15) is 17.5 Å². The second-order valence-corrected chi connectivity index (χ2v) is 8.64. The third kappa shape index (κ3) is 7.70. The highest BCUT2D eigenvalue weighted by atomic mass is 35.5. The fourth-order valence-corrected chi connectivity index (χ4v) is 3.51. The third-order valence-electron chi connectivity index (χ3n) is 3.96. The lowest BCUT2D eigenvalue weighted by Gasteiger charge is -2.11. The van der Waals surface area contributed by atoms with Crippen LogP contribution in [0.3, 0.4) is 0 Å². The largest absolute Gasteiger partial charge is 0.484 e.